The number of benzene rings is 3. The molecule has 146 valence electrons. The minimum absolute atomic E-state index is 0.235. The maximum Gasteiger partial charge on any atom is 0.256 e. The van der Waals surface area contributed by atoms with Gasteiger partial charge >= 0.3 is 0 Å². The van der Waals surface area contributed by atoms with Crippen molar-refractivity contribution in [3.63, 3.8) is 0 Å². The quantitative estimate of drug-likeness (QED) is 0.503. The highest BCUT2D eigenvalue weighted by atomic mass is 19.1. The maximum absolute atomic E-state index is 13.6. The number of nitrogens with zero attached hydrogens (tertiary/aromatic N) is 3. The van der Waals surface area contributed by atoms with Crippen molar-refractivity contribution in [2.45, 2.75) is 6.92 Å². The summed E-state index contributed by atoms with van der Waals surface area (Å²) < 4.78 is 15.4. The van der Waals surface area contributed by atoms with Gasteiger partial charge in [0.1, 0.15) is 11.5 Å². The average molecular weight is 396 g/mol. The summed E-state index contributed by atoms with van der Waals surface area (Å²) in [5.74, 6) is -0.607. The number of aryl methyl sites for hydroxylation is 1. The number of halogens is 1. The molecule has 30 heavy (non-hydrogen) atoms. The van der Waals surface area contributed by atoms with Crippen LogP contribution in [0.4, 0.5) is 10.1 Å². The van der Waals surface area contributed by atoms with E-state index in [9.17, 15) is 9.18 Å². The molecule has 0 radical (unpaired) electrons. The van der Waals surface area contributed by atoms with Crippen LogP contribution in [0.1, 0.15) is 16.7 Å². The number of amides is 1. The van der Waals surface area contributed by atoms with Crippen molar-refractivity contribution >= 4 is 23.2 Å². The molecule has 0 fully saturated rings. The van der Waals surface area contributed by atoms with Gasteiger partial charge in [0.2, 0.25) is 0 Å². The number of anilines is 1. The molecule has 6 heteroatoms. The maximum atomic E-state index is 13.6. The molecule has 0 saturated carbocycles. The Morgan fingerprint density at radius 2 is 1.83 bits per heavy atom. The molecule has 1 aromatic heterocycles. The van der Waals surface area contributed by atoms with E-state index in [0.717, 1.165) is 28.1 Å². The second kappa shape index (κ2) is 7.08. The lowest BCUT2D eigenvalue weighted by molar-refractivity contribution is -0.110. The van der Waals surface area contributed by atoms with Crippen LogP contribution >= 0.6 is 0 Å². The van der Waals surface area contributed by atoms with Crippen LogP contribution in [0, 0.1) is 12.7 Å². The molecule has 3 aromatic carbocycles. The molecule has 2 heterocycles. The minimum atomic E-state index is -0.372. The number of carbonyl (C=O) groups is 1. The molecular formula is C24H17FN4O. The summed E-state index contributed by atoms with van der Waals surface area (Å²) in [4.78, 5) is 12.3. The highest BCUT2D eigenvalue weighted by Crippen LogP contribution is 2.33. The summed E-state index contributed by atoms with van der Waals surface area (Å²) >= 11 is 0. The van der Waals surface area contributed by atoms with Gasteiger partial charge in [0, 0.05) is 22.4 Å². The Kier molecular flexibility index (Phi) is 4.25. The van der Waals surface area contributed by atoms with Gasteiger partial charge in [0.25, 0.3) is 5.91 Å². The number of fused-ring (bicyclic) bond motifs is 1. The lowest BCUT2D eigenvalue weighted by Crippen LogP contribution is -2.03. The third-order valence-electron chi connectivity index (χ3n) is 5.14. The van der Waals surface area contributed by atoms with E-state index >= 15 is 0 Å². The summed E-state index contributed by atoms with van der Waals surface area (Å²) in [6.07, 6.45) is 3.65. The second-order valence-electron chi connectivity index (χ2n) is 7.16. The van der Waals surface area contributed by atoms with E-state index in [1.165, 1.54) is 12.1 Å². The first-order valence-electron chi connectivity index (χ1n) is 9.50. The number of nitrogens with one attached hydrogen (secondary N) is 1. The van der Waals surface area contributed by atoms with Crippen LogP contribution in [0.3, 0.4) is 0 Å². The predicted octanol–water partition coefficient (Wildman–Crippen LogP) is 4.87. The molecule has 0 atom stereocenters. The van der Waals surface area contributed by atoms with Crippen LogP contribution in [0.2, 0.25) is 0 Å². The van der Waals surface area contributed by atoms with Crippen LogP contribution in [0.15, 0.2) is 72.9 Å². The molecule has 1 aliphatic heterocycles. The Morgan fingerprint density at radius 3 is 2.63 bits per heavy atom. The van der Waals surface area contributed by atoms with E-state index in [1.54, 1.807) is 16.8 Å². The minimum Gasteiger partial charge on any atom is -0.321 e. The molecular weight excluding hydrogens is 379 g/mol. The van der Waals surface area contributed by atoms with E-state index < -0.39 is 0 Å². The number of carbonyl (C=O) groups excluding carboxylic acids is 1. The number of hydrogen-bond donors (Lipinski definition) is 1. The Balaban J connectivity index is 1.44. The summed E-state index contributed by atoms with van der Waals surface area (Å²) in [5, 5.41) is 11.3. The van der Waals surface area contributed by atoms with Gasteiger partial charge in [-0.15, -0.1) is 5.10 Å². The Morgan fingerprint density at radius 1 is 1.03 bits per heavy atom. The topological polar surface area (TPSA) is 59.8 Å². The second-order valence-corrected chi connectivity index (χ2v) is 7.16. The van der Waals surface area contributed by atoms with Gasteiger partial charge in [-0.05, 0) is 48.4 Å². The van der Waals surface area contributed by atoms with Gasteiger partial charge in [0.05, 0.1) is 11.9 Å². The fourth-order valence-electron chi connectivity index (χ4n) is 3.55. The molecule has 1 N–H and O–H groups in total. The highest BCUT2D eigenvalue weighted by molar-refractivity contribution is 6.34. The molecule has 1 aliphatic rings. The highest BCUT2D eigenvalue weighted by Gasteiger charge is 2.24. The van der Waals surface area contributed by atoms with Crippen molar-refractivity contribution in [2.75, 3.05) is 5.32 Å². The van der Waals surface area contributed by atoms with Gasteiger partial charge in [-0.3, -0.25) is 4.79 Å². The molecule has 0 saturated heterocycles. The van der Waals surface area contributed by atoms with E-state index in [2.05, 4.69) is 15.6 Å². The van der Waals surface area contributed by atoms with Gasteiger partial charge < -0.3 is 5.32 Å². The van der Waals surface area contributed by atoms with Crippen molar-refractivity contribution in [2.24, 2.45) is 0 Å². The standard InChI is InChI=1S/C24H17FN4O/c1-15-4-2-3-5-23(15)29-14-22(27-28-29)17-8-6-16(7-9-17)12-20-19-13-18(25)10-11-21(19)26-24(20)30/h2-14H,1H3,(H,26,30)/b20-12-. The molecule has 5 nitrogen and oxygen atoms in total. The molecule has 4 aromatic rings. The summed E-state index contributed by atoms with van der Waals surface area (Å²) in [6.45, 7) is 2.03. The molecule has 0 unspecified atom stereocenters. The zero-order chi connectivity index (χ0) is 20.7. The third-order valence-corrected chi connectivity index (χ3v) is 5.14. The first-order chi connectivity index (χ1) is 14.6. The van der Waals surface area contributed by atoms with Crippen molar-refractivity contribution in [1.29, 1.82) is 0 Å². The van der Waals surface area contributed by atoms with Crippen molar-refractivity contribution in [3.05, 3.63) is 95.4 Å². The lowest BCUT2D eigenvalue weighted by atomic mass is 10.0. The van der Waals surface area contributed by atoms with E-state index in [1.807, 2.05) is 61.7 Å². The van der Waals surface area contributed by atoms with Crippen LogP contribution < -0.4 is 5.32 Å². The first kappa shape index (κ1) is 18.0. The van der Waals surface area contributed by atoms with Crippen LogP contribution in [-0.4, -0.2) is 20.9 Å². The Hall–Kier alpha value is -4.06. The Bertz CT molecular complexity index is 1310. The molecule has 0 bridgehead atoms. The smallest absolute Gasteiger partial charge is 0.256 e. The van der Waals surface area contributed by atoms with Gasteiger partial charge in [-0.25, -0.2) is 9.07 Å². The first-order valence-corrected chi connectivity index (χ1v) is 9.50. The van der Waals surface area contributed by atoms with E-state index in [4.69, 9.17) is 0 Å². The van der Waals surface area contributed by atoms with Crippen LogP contribution in [0.5, 0.6) is 0 Å². The Labute approximate surface area is 172 Å². The summed E-state index contributed by atoms with van der Waals surface area (Å²) in [6, 6.07) is 19.9. The van der Waals surface area contributed by atoms with Gasteiger partial charge in [-0.2, -0.15) is 0 Å². The molecule has 0 spiro atoms. The number of rotatable bonds is 3. The summed E-state index contributed by atoms with van der Waals surface area (Å²) in [7, 11) is 0. The zero-order valence-electron chi connectivity index (χ0n) is 16.1. The average Bonchev–Trinajstić information content (AvgIpc) is 3.35. The largest absolute Gasteiger partial charge is 0.321 e. The fraction of sp³-hybridized carbons (Fsp3) is 0.0417. The predicted molar refractivity (Wildman–Crippen MR) is 114 cm³/mol. The number of hydrogen-bond acceptors (Lipinski definition) is 3. The zero-order valence-corrected chi connectivity index (χ0v) is 16.1. The van der Waals surface area contributed by atoms with E-state index in [0.29, 0.717) is 16.8 Å². The molecule has 5 rings (SSSR count). The van der Waals surface area contributed by atoms with Crippen LogP contribution in [-0.2, 0) is 4.79 Å². The fourth-order valence-corrected chi connectivity index (χ4v) is 3.55. The van der Waals surface area contributed by atoms with Crippen molar-refractivity contribution in [1.82, 2.24) is 15.0 Å². The number of aromatic nitrogens is 3. The van der Waals surface area contributed by atoms with Gasteiger partial charge in [-0.1, -0.05) is 47.7 Å². The monoisotopic (exact) mass is 396 g/mol. The lowest BCUT2D eigenvalue weighted by Gasteiger charge is -2.03. The normalized spacial score (nSPS) is 14.1. The SMILES string of the molecule is Cc1ccccc1-n1cc(-c2ccc(/C=C3\C(=O)Nc4ccc(F)cc43)cc2)nn1. The van der Waals surface area contributed by atoms with Crippen LogP contribution in [0.25, 0.3) is 28.6 Å². The van der Waals surface area contributed by atoms with E-state index in [-0.39, 0.29) is 11.7 Å². The number of para-hydroxylation sites is 1. The molecule has 1 amide bonds. The third kappa shape index (κ3) is 3.18. The summed E-state index contributed by atoms with van der Waals surface area (Å²) in [5.41, 5.74) is 6.25. The molecule has 0 aliphatic carbocycles. The van der Waals surface area contributed by atoms with Crippen molar-refractivity contribution in [3.8, 4) is 16.9 Å². The van der Waals surface area contributed by atoms with Gasteiger partial charge in [0.15, 0.2) is 0 Å². The van der Waals surface area contributed by atoms with Crippen molar-refractivity contribution < 1.29 is 9.18 Å².